The fourth-order valence-electron chi connectivity index (χ4n) is 2.73. The van der Waals surface area contributed by atoms with Crippen LogP contribution in [0.1, 0.15) is 13.8 Å². The van der Waals surface area contributed by atoms with E-state index in [0.717, 1.165) is 21.3 Å². The summed E-state index contributed by atoms with van der Waals surface area (Å²) in [5.74, 6) is 0.515. The van der Waals surface area contributed by atoms with Gasteiger partial charge in [-0.15, -0.1) is 0 Å². The number of hydrogen-bond donors (Lipinski definition) is 1. The summed E-state index contributed by atoms with van der Waals surface area (Å²) in [6.45, 7) is 4.15. The van der Waals surface area contributed by atoms with E-state index >= 15 is 0 Å². The Balaban J connectivity index is 1.87. The van der Waals surface area contributed by atoms with Crippen molar-refractivity contribution in [3.8, 4) is 33.3 Å². The number of aromatic nitrogens is 4. The Kier molecular flexibility index (Phi) is 5.76. The van der Waals surface area contributed by atoms with E-state index in [1.54, 1.807) is 12.3 Å². The van der Waals surface area contributed by atoms with Crippen LogP contribution in [0.5, 0.6) is 0 Å². The van der Waals surface area contributed by atoms with Crippen LogP contribution in [0.25, 0.3) is 33.3 Å². The second-order valence-electron chi connectivity index (χ2n) is 6.61. The molecule has 0 unspecified atom stereocenters. The Morgan fingerprint density at radius 2 is 1.76 bits per heavy atom. The van der Waals surface area contributed by atoms with Gasteiger partial charge in [0.1, 0.15) is 5.69 Å². The number of halogens is 2. The van der Waals surface area contributed by atoms with Gasteiger partial charge in [-0.3, -0.25) is 4.98 Å². The van der Waals surface area contributed by atoms with Crippen molar-refractivity contribution >= 4 is 39.7 Å². The van der Waals surface area contributed by atoms with Crippen molar-refractivity contribution in [3.63, 3.8) is 0 Å². The molecule has 0 spiro atoms. The summed E-state index contributed by atoms with van der Waals surface area (Å²) < 4.78 is 0. The van der Waals surface area contributed by atoms with Crippen molar-refractivity contribution < 1.29 is 0 Å². The lowest BCUT2D eigenvalue weighted by Gasteiger charge is -2.09. The van der Waals surface area contributed by atoms with E-state index in [-0.39, 0.29) is 0 Å². The summed E-state index contributed by atoms with van der Waals surface area (Å²) in [5, 5.41) is 5.09. The molecule has 146 valence electrons. The molecule has 4 aromatic rings. The topological polar surface area (TPSA) is 63.6 Å². The fraction of sp³-hybridized carbons (Fsp3) is 0.143. The van der Waals surface area contributed by atoms with Gasteiger partial charge >= 0.3 is 0 Å². The van der Waals surface area contributed by atoms with Gasteiger partial charge in [0, 0.05) is 24.0 Å². The van der Waals surface area contributed by atoms with Gasteiger partial charge in [0.05, 0.1) is 26.3 Å². The average Bonchev–Trinajstić information content (AvgIpc) is 3.18. The van der Waals surface area contributed by atoms with Crippen LogP contribution >= 0.6 is 34.5 Å². The minimum Gasteiger partial charge on any atom is -0.359 e. The number of nitrogens with zero attached hydrogens (tertiary/aromatic N) is 4. The molecule has 0 amide bonds. The third-order valence-corrected chi connectivity index (χ3v) is 5.79. The summed E-state index contributed by atoms with van der Waals surface area (Å²) in [6, 6.07) is 13.3. The molecule has 0 saturated heterocycles. The van der Waals surface area contributed by atoms with Crippen molar-refractivity contribution in [1.82, 2.24) is 19.9 Å². The number of anilines is 1. The van der Waals surface area contributed by atoms with Crippen LogP contribution in [0.4, 0.5) is 5.13 Å². The van der Waals surface area contributed by atoms with Gasteiger partial charge in [0.2, 0.25) is 0 Å². The van der Waals surface area contributed by atoms with Crippen molar-refractivity contribution in [2.45, 2.75) is 19.9 Å². The molecule has 0 saturated carbocycles. The van der Waals surface area contributed by atoms with Crippen molar-refractivity contribution in [2.24, 2.45) is 0 Å². The highest BCUT2D eigenvalue weighted by atomic mass is 35.5. The normalized spacial score (nSPS) is 11.1. The van der Waals surface area contributed by atoms with Gasteiger partial charge in [-0.25, -0.2) is 15.0 Å². The molecule has 0 fully saturated rings. The standard InChI is InChI=1S/C21H17Cl2N5S/c1-12(2)26-21-25-11-18(29-21)17-10-16(13-6-5-7-14(22)19(13)23)27-20(28-17)15-8-3-4-9-24-15/h3-12H,1-2H3,(H,25,26). The minimum atomic E-state index is 0.296. The fourth-order valence-corrected chi connectivity index (χ4v) is 4.05. The van der Waals surface area contributed by atoms with E-state index in [9.17, 15) is 0 Å². The average molecular weight is 442 g/mol. The molecular weight excluding hydrogens is 425 g/mol. The van der Waals surface area contributed by atoms with Crippen LogP contribution in [0.3, 0.4) is 0 Å². The van der Waals surface area contributed by atoms with E-state index in [1.165, 1.54) is 11.3 Å². The highest BCUT2D eigenvalue weighted by molar-refractivity contribution is 7.18. The smallest absolute Gasteiger partial charge is 0.183 e. The molecule has 4 rings (SSSR count). The highest BCUT2D eigenvalue weighted by Gasteiger charge is 2.16. The Hall–Kier alpha value is -2.54. The number of benzene rings is 1. The SMILES string of the molecule is CC(C)Nc1ncc(-c2cc(-c3cccc(Cl)c3Cl)nc(-c3ccccn3)n2)s1. The van der Waals surface area contributed by atoms with Crippen LogP contribution in [-0.4, -0.2) is 26.0 Å². The highest BCUT2D eigenvalue weighted by Crippen LogP contribution is 2.36. The van der Waals surface area contributed by atoms with Gasteiger partial charge in [0.15, 0.2) is 11.0 Å². The zero-order chi connectivity index (χ0) is 20.4. The largest absolute Gasteiger partial charge is 0.359 e. The lowest BCUT2D eigenvalue weighted by molar-refractivity contribution is 0.896. The van der Waals surface area contributed by atoms with Gasteiger partial charge in [-0.1, -0.05) is 52.7 Å². The molecule has 1 aromatic carbocycles. The van der Waals surface area contributed by atoms with E-state index in [0.29, 0.717) is 33.3 Å². The van der Waals surface area contributed by atoms with E-state index in [2.05, 4.69) is 29.1 Å². The Labute approximate surface area is 182 Å². The maximum Gasteiger partial charge on any atom is 0.183 e. The van der Waals surface area contributed by atoms with Crippen molar-refractivity contribution in [2.75, 3.05) is 5.32 Å². The monoisotopic (exact) mass is 441 g/mol. The molecule has 3 heterocycles. The molecule has 1 N–H and O–H groups in total. The second kappa shape index (κ2) is 8.45. The zero-order valence-electron chi connectivity index (χ0n) is 15.7. The van der Waals surface area contributed by atoms with Crippen LogP contribution in [0.15, 0.2) is 54.9 Å². The summed E-state index contributed by atoms with van der Waals surface area (Å²) in [7, 11) is 0. The third-order valence-electron chi connectivity index (χ3n) is 4.02. The molecule has 0 aliphatic rings. The first kappa shape index (κ1) is 19.8. The molecule has 8 heteroatoms. The van der Waals surface area contributed by atoms with E-state index < -0.39 is 0 Å². The summed E-state index contributed by atoms with van der Waals surface area (Å²) >= 11 is 14.2. The van der Waals surface area contributed by atoms with Crippen LogP contribution < -0.4 is 5.32 Å². The molecule has 0 aliphatic carbocycles. The van der Waals surface area contributed by atoms with Crippen molar-refractivity contribution in [3.05, 3.63) is 64.9 Å². The number of hydrogen-bond acceptors (Lipinski definition) is 6. The predicted octanol–water partition coefficient (Wildman–Crippen LogP) is 6.46. The Bertz CT molecular complexity index is 1150. The molecule has 0 atom stereocenters. The maximum absolute atomic E-state index is 6.46. The molecule has 5 nitrogen and oxygen atoms in total. The summed E-state index contributed by atoms with van der Waals surface area (Å²) in [4.78, 5) is 19.2. The van der Waals surface area contributed by atoms with E-state index in [1.807, 2.05) is 42.6 Å². The maximum atomic E-state index is 6.46. The van der Waals surface area contributed by atoms with Crippen LogP contribution in [0, 0.1) is 0 Å². The van der Waals surface area contributed by atoms with Crippen LogP contribution in [-0.2, 0) is 0 Å². The molecule has 0 aliphatic heterocycles. The van der Waals surface area contributed by atoms with Gasteiger partial charge < -0.3 is 5.32 Å². The lowest BCUT2D eigenvalue weighted by atomic mass is 10.1. The quantitative estimate of drug-likeness (QED) is 0.385. The van der Waals surface area contributed by atoms with E-state index in [4.69, 9.17) is 33.2 Å². The first-order chi connectivity index (χ1) is 14.0. The number of pyridine rings is 1. The minimum absolute atomic E-state index is 0.296. The lowest BCUT2D eigenvalue weighted by Crippen LogP contribution is -2.08. The Morgan fingerprint density at radius 3 is 2.52 bits per heavy atom. The number of thiazole rings is 1. The number of nitrogens with one attached hydrogen (secondary N) is 1. The zero-order valence-corrected chi connectivity index (χ0v) is 18.1. The molecule has 0 radical (unpaired) electrons. The number of rotatable bonds is 5. The second-order valence-corrected chi connectivity index (χ2v) is 8.42. The molecule has 29 heavy (non-hydrogen) atoms. The van der Waals surface area contributed by atoms with Crippen molar-refractivity contribution in [1.29, 1.82) is 0 Å². The van der Waals surface area contributed by atoms with Gasteiger partial charge in [0.25, 0.3) is 0 Å². The molecular formula is C21H17Cl2N5S. The first-order valence-corrected chi connectivity index (χ1v) is 10.6. The summed E-state index contributed by atoms with van der Waals surface area (Å²) in [6.07, 6.45) is 3.53. The molecule has 3 aromatic heterocycles. The van der Waals surface area contributed by atoms with Crippen LogP contribution in [0.2, 0.25) is 10.0 Å². The van der Waals surface area contributed by atoms with Gasteiger partial charge in [-0.2, -0.15) is 0 Å². The molecule has 0 bridgehead atoms. The first-order valence-electron chi connectivity index (χ1n) is 8.99. The Morgan fingerprint density at radius 1 is 0.931 bits per heavy atom. The third kappa shape index (κ3) is 4.40. The summed E-state index contributed by atoms with van der Waals surface area (Å²) in [5.41, 5.74) is 2.85. The van der Waals surface area contributed by atoms with Gasteiger partial charge in [-0.05, 0) is 38.1 Å². The predicted molar refractivity (Wildman–Crippen MR) is 121 cm³/mol.